The maximum absolute atomic E-state index is 12.5. The molecule has 0 aromatic rings. The van der Waals surface area contributed by atoms with Gasteiger partial charge >= 0.3 is 24.4 Å². The fourth-order valence-electron chi connectivity index (χ4n) is 0.663. The van der Waals surface area contributed by atoms with Crippen molar-refractivity contribution in [2.75, 3.05) is 6.61 Å². The van der Waals surface area contributed by atoms with Crippen LogP contribution in [0.1, 0.15) is 19.8 Å². The van der Waals surface area contributed by atoms with E-state index >= 15 is 0 Å². The van der Waals surface area contributed by atoms with Gasteiger partial charge in [-0.05, 0) is 6.42 Å². The van der Waals surface area contributed by atoms with E-state index in [-0.39, 0.29) is 6.42 Å². The first kappa shape index (κ1) is 16.8. The average molecular weight is 286 g/mol. The summed E-state index contributed by atoms with van der Waals surface area (Å²) in [5.74, 6) is -6.50. The fourth-order valence-corrected chi connectivity index (χ4v) is 0.663. The Hall–Kier alpha value is -1.22. The van der Waals surface area contributed by atoms with E-state index in [1.165, 1.54) is 0 Å². The minimum absolute atomic E-state index is 0.219. The molecule has 0 heterocycles. The molecule has 0 rings (SSSR count). The normalized spacial score (nSPS) is 13.3. The molecule has 0 fully saturated rings. The van der Waals surface area contributed by atoms with Crippen molar-refractivity contribution in [2.24, 2.45) is 0 Å². The van der Waals surface area contributed by atoms with Crippen molar-refractivity contribution in [3.05, 3.63) is 0 Å². The summed E-state index contributed by atoms with van der Waals surface area (Å²) in [4.78, 5) is 10.5. The Bertz CT molecular complexity index is 287. The van der Waals surface area contributed by atoms with E-state index in [0.29, 0.717) is 6.42 Å². The van der Waals surface area contributed by atoms with Crippen LogP contribution >= 0.6 is 0 Å². The molecule has 0 saturated carbocycles. The Morgan fingerprint density at radius 1 is 1.06 bits per heavy atom. The van der Waals surface area contributed by atoms with Gasteiger partial charge in [0, 0.05) is 0 Å². The predicted molar refractivity (Wildman–Crippen MR) is 43.3 cm³/mol. The van der Waals surface area contributed by atoms with Crippen LogP contribution in [0.2, 0.25) is 0 Å². The van der Waals surface area contributed by atoms with Gasteiger partial charge in [0.2, 0.25) is 0 Å². The number of rotatable bonds is 5. The van der Waals surface area contributed by atoms with Crippen molar-refractivity contribution in [3.8, 4) is 0 Å². The van der Waals surface area contributed by atoms with E-state index in [4.69, 9.17) is 0 Å². The Kier molecular flexibility index (Phi) is 5.23. The van der Waals surface area contributed by atoms with E-state index in [9.17, 15) is 35.5 Å². The minimum Gasteiger partial charge on any atom is -0.434 e. The number of ether oxygens (including phenoxy) is 2. The van der Waals surface area contributed by atoms with Gasteiger partial charge in [-0.2, -0.15) is 30.7 Å². The lowest BCUT2D eigenvalue weighted by Crippen LogP contribution is -2.54. The molecule has 3 nitrogen and oxygen atoms in total. The van der Waals surface area contributed by atoms with Crippen LogP contribution in [0, 0.1) is 0 Å². The molecule has 0 radical (unpaired) electrons. The number of unbranched alkanes of at least 4 members (excludes halogenated alkanes) is 1. The largest absolute Gasteiger partial charge is 0.513 e. The first-order valence-electron chi connectivity index (χ1n) is 4.64. The van der Waals surface area contributed by atoms with E-state index in [0.717, 1.165) is 0 Å². The van der Waals surface area contributed by atoms with Gasteiger partial charge in [0.25, 0.3) is 0 Å². The van der Waals surface area contributed by atoms with Crippen LogP contribution in [0.3, 0.4) is 0 Å². The van der Waals surface area contributed by atoms with Crippen molar-refractivity contribution < 1.29 is 45.0 Å². The molecular formula is C8H9F7O3. The monoisotopic (exact) mass is 286 g/mol. The van der Waals surface area contributed by atoms with Gasteiger partial charge < -0.3 is 9.47 Å². The van der Waals surface area contributed by atoms with Crippen molar-refractivity contribution in [1.82, 2.24) is 0 Å². The smallest absolute Gasteiger partial charge is 0.434 e. The number of halogens is 7. The third kappa shape index (κ3) is 3.91. The molecule has 108 valence electrons. The first-order valence-corrected chi connectivity index (χ1v) is 4.64. The Balaban J connectivity index is 4.60. The predicted octanol–water partition coefficient (Wildman–Crippen LogP) is 3.73. The standard InChI is InChI=1S/C8H9F7O3/c1-2-3-4-17-5(16)18-8(14,15)6(9,10)7(11,12)13/h2-4H2,1H3. The fraction of sp³-hybridized carbons (Fsp3) is 0.875. The van der Waals surface area contributed by atoms with Crippen LogP contribution in [0.5, 0.6) is 0 Å². The summed E-state index contributed by atoms with van der Waals surface area (Å²) in [6, 6.07) is 0. The zero-order valence-corrected chi connectivity index (χ0v) is 8.99. The second-order valence-electron chi connectivity index (χ2n) is 3.14. The third-order valence-electron chi connectivity index (χ3n) is 1.65. The van der Waals surface area contributed by atoms with Crippen LogP contribution in [0.15, 0.2) is 0 Å². The molecule has 0 aliphatic heterocycles. The van der Waals surface area contributed by atoms with E-state index in [2.05, 4.69) is 9.47 Å². The highest BCUT2D eigenvalue weighted by atomic mass is 19.4. The summed E-state index contributed by atoms with van der Waals surface area (Å²) in [7, 11) is 0. The summed E-state index contributed by atoms with van der Waals surface area (Å²) in [5.41, 5.74) is 0. The highest BCUT2D eigenvalue weighted by molar-refractivity contribution is 5.60. The van der Waals surface area contributed by atoms with Crippen molar-refractivity contribution >= 4 is 6.16 Å². The molecule has 0 N–H and O–H groups in total. The van der Waals surface area contributed by atoms with Crippen molar-refractivity contribution in [1.29, 1.82) is 0 Å². The molecule has 0 bridgehead atoms. The summed E-state index contributed by atoms with van der Waals surface area (Å²) in [6.07, 6.45) is -14.2. The zero-order valence-electron chi connectivity index (χ0n) is 8.99. The first-order chi connectivity index (χ1) is 7.95. The minimum atomic E-state index is -6.56. The summed E-state index contributed by atoms with van der Waals surface area (Å²) in [6.45, 7) is 1.21. The van der Waals surface area contributed by atoms with Crippen molar-refractivity contribution in [2.45, 2.75) is 38.0 Å². The van der Waals surface area contributed by atoms with Gasteiger partial charge in [-0.1, -0.05) is 13.3 Å². The summed E-state index contributed by atoms with van der Waals surface area (Å²) < 4.78 is 90.9. The third-order valence-corrected chi connectivity index (χ3v) is 1.65. The van der Waals surface area contributed by atoms with Crippen LogP contribution < -0.4 is 0 Å². The van der Waals surface area contributed by atoms with Crippen molar-refractivity contribution in [3.63, 3.8) is 0 Å². The average Bonchev–Trinajstić information content (AvgIpc) is 2.15. The highest BCUT2D eigenvalue weighted by Crippen LogP contribution is 2.47. The van der Waals surface area contributed by atoms with E-state index < -0.39 is 31.0 Å². The van der Waals surface area contributed by atoms with Gasteiger partial charge in [-0.3, -0.25) is 0 Å². The maximum Gasteiger partial charge on any atom is 0.513 e. The van der Waals surface area contributed by atoms with Gasteiger partial charge in [0.15, 0.2) is 0 Å². The van der Waals surface area contributed by atoms with Crippen LogP contribution in [-0.2, 0) is 9.47 Å². The molecule has 0 atom stereocenters. The molecule has 0 amide bonds. The van der Waals surface area contributed by atoms with E-state index in [1.807, 2.05) is 0 Å². The lowest BCUT2D eigenvalue weighted by molar-refractivity contribution is -0.411. The lowest BCUT2D eigenvalue weighted by atomic mass is 10.3. The molecule has 0 aliphatic carbocycles. The maximum atomic E-state index is 12.5. The summed E-state index contributed by atoms with van der Waals surface area (Å²) in [5, 5.41) is 0. The van der Waals surface area contributed by atoms with Gasteiger partial charge in [-0.15, -0.1) is 0 Å². The Labute approximate surface area is 96.8 Å². The number of hydrogen-bond donors (Lipinski definition) is 0. The van der Waals surface area contributed by atoms with E-state index in [1.54, 1.807) is 6.92 Å². The molecule has 0 aliphatic rings. The number of carbonyl (C=O) groups is 1. The Morgan fingerprint density at radius 2 is 1.56 bits per heavy atom. The van der Waals surface area contributed by atoms with Crippen LogP contribution in [-0.4, -0.2) is 31.0 Å². The molecular weight excluding hydrogens is 277 g/mol. The SMILES string of the molecule is CCCCOC(=O)OC(F)(F)C(F)(F)C(F)(F)F. The molecule has 0 spiro atoms. The van der Waals surface area contributed by atoms with Gasteiger partial charge in [0.1, 0.15) is 0 Å². The lowest BCUT2D eigenvalue weighted by Gasteiger charge is -2.26. The Morgan fingerprint density at radius 3 is 1.94 bits per heavy atom. The second-order valence-corrected chi connectivity index (χ2v) is 3.14. The molecule has 0 aromatic carbocycles. The molecule has 0 saturated heterocycles. The highest BCUT2D eigenvalue weighted by Gasteiger charge is 2.76. The number of alkyl halides is 7. The topological polar surface area (TPSA) is 35.5 Å². The zero-order chi connectivity index (χ0) is 14.6. The van der Waals surface area contributed by atoms with Crippen LogP contribution in [0.4, 0.5) is 35.5 Å². The molecule has 10 heteroatoms. The molecule has 0 aromatic heterocycles. The summed E-state index contributed by atoms with van der Waals surface area (Å²) >= 11 is 0. The second kappa shape index (κ2) is 5.61. The number of carbonyl (C=O) groups excluding carboxylic acids is 1. The number of hydrogen-bond acceptors (Lipinski definition) is 3. The van der Waals surface area contributed by atoms with Crippen LogP contribution in [0.25, 0.3) is 0 Å². The van der Waals surface area contributed by atoms with Gasteiger partial charge in [0.05, 0.1) is 6.61 Å². The van der Waals surface area contributed by atoms with Gasteiger partial charge in [-0.25, -0.2) is 4.79 Å². The molecule has 18 heavy (non-hydrogen) atoms. The molecule has 0 unspecified atom stereocenters. The quantitative estimate of drug-likeness (QED) is 0.439.